The van der Waals surface area contributed by atoms with Crippen LogP contribution in [0.2, 0.25) is 0 Å². The van der Waals surface area contributed by atoms with Crippen LogP contribution < -0.4 is 5.32 Å². The Bertz CT molecular complexity index is 402. The van der Waals surface area contributed by atoms with Crippen molar-refractivity contribution in [1.29, 1.82) is 0 Å². The third kappa shape index (κ3) is 5.44. The van der Waals surface area contributed by atoms with Gasteiger partial charge in [0.15, 0.2) is 0 Å². The van der Waals surface area contributed by atoms with Gasteiger partial charge in [-0.15, -0.1) is 0 Å². The molecule has 0 aromatic heterocycles. The van der Waals surface area contributed by atoms with E-state index in [1.807, 2.05) is 0 Å². The van der Waals surface area contributed by atoms with Crippen molar-refractivity contribution in [2.45, 2.75) is 71.5 Å². The molecule has 0 spiro atoms. The molecule has 1 fully saturated rings. The van der Waals surface area contributed by atoms with Gasteiger partial charge in [0.1, 0.15) is 0 Å². The molecule has 1 aliphatic heterocycles. The molecular weight excluding hydrogens is 256 g/mol. The van der Waals surface area contributed by atoms with Gasteiger partial charge in [0, 0.05) is 19.1 Å². The van der Waals surface area contributed by atoms with Crippen LogP contribution in [-0.4, -0.2) is 24.0 Å². The topological polar surface area (TPSA) is 15.3 Å². The second-order valence-electron chi connectivity index (χ2n) is 6.38. The summed E-state index contributed by atoms with van der Waals surface area (Å²) in [5.74, 6) is 0. The van der Waals surface area contributed by atoms with Crippen LogP contribution in [0.1, 0.15) is 63.5 Å². The molecule has 1 aromatic carbocycles. The predicted octanol–water partition coefficient (Wildman–Crippen LogP) is 4.34. The van der Waals surface area contributed by atoms with Crippen molar-refractivity contribution in [3.63, 3.8) is 0 Å². The molecule has 1 N–H and O–H groups in total. The van der Waals surface area contributed by atoms with Crippen molar-refractivity contribution in [3.05, 3.63) is 35.4 Å². The number of hydrogen-bond donors (Lipinski definition) is 1. The molecule has 1 heterocycles. The Morgan fingerprint density at radius 2 is 2.00 bits per heavy atom. The van der Waals surface area contributed by atoms with Crippen LogP contribution in [0.25, 0.3) is 0 Å². The van der Waals surface area contributed by atoms with Gasteiger partial charge in [-0.25, -0.2) is 0 Å². The van der Waals surface area contributed by atoms with E-state index in [0.29, 0.717) is 0 Å². The Morgan fingerprint density at radius 3 is 2.81 bits per heavy atom. The van der Waals surface area contributed by atoms with Crippen LogP contribution in [0.4, 0.5) is 0 Å². The van der Waals surface area contributed by atoms with Gasteiger partial charge < -0.3 is 5.32 Å². The van der Waals surface area contributed by atoms with Crippen molar-refractivity contribution < 1.29 is 0 Å². The summed E-state index contributed by atoms with van der Waals surface area (Å²) in [7, 11) is 0. The molecule has 21 heavy (non-hydrogen) atoms. The minimum Gasteiger partial charge on any atom is -0.313 e. The first kappa shape index (κ1) is 16.5. The Kier molecular flexibility index (Phi) is 7.25. The van der Waals surface area contributed by atoms with E-state index in [-0.39, 0.29) is 0 Å². The molecule has 1 saturated heterocycles. The van der Waals surface area contributed by atoms with Crippen molar-refractivity contribution in [1.82, 2.24) is 10.2 Å². The summed E-state index contributed by atoms with van der Waals surface area (Å²) in [5.41, 5.74) is 2.90. The van der Waals surface area contributed by atoms with Crippen molar-refractivity contribution >= 4 is 0 Å². The number of likely N-dealkylation sites (tertiary alicyclic amines) is 1. The van der Waals surface area contributed by atoms with Crippen LogP contribution in [0.15, 0.2) is 24.3 Å². The second-order valence-corrected chi connectivity index (χ2v) is 6.38. The average Bonchev–Trinajstić information content (AvgIpc) is 2.73. The van der Waals surface area contributed by atoms with Crippen LogP contribution in [0.5, 0.6) is 0 Å². The van der Waals surface area contributed by atoms with Gasteiger partial charge in [-0.1, -0.05) is 51.0 Å². The van der Waals surface area contributed by atoms with E-state index in [2.05, 4.69) is 48.3 Å². The van der Waals surface area contributed by atoms with E-state index in [9.17, 15) is 0 Å². The maximum atomic E-state index is 3.50. The molecule has 0 amide bonds. The fourth-order valence-electron chi connectivity index (χ4n) is 3.39. The Morgan fingerprint density at radius 1 is 1.14 bits per heavy atom. The van der Waals surface area contributed by atoms with Gasteiger partial charge in [0.2, 0.25) is 0 Å². The van der Waals surface area contributed by atoms with Crippen molar-refractivity contribution in [3.8, 4) is 0 Å². The molecule has 0 saturated carbocycles. The molecule has 2 heteroatoms. The standard InChI is InChI=1S/C19H32N2/c1-3-12-20-15-17-9-8-10-18(14-17)16-21-13-7-5-6-11-19(21)4-2/h8-10,14,19-20H,3-7,11-13,15-16H2,1-2H3. The molecule has 1 aromatic rings. The molecule has 1 aliphatic rings. The van der Waals surface area contributed by atoms with Gasteiger partial charge >= 0.3 is 0 Å². The fourth-order valence-corrected chi connectivity index (χ4v) is 3.39. The summed E-state index contributed by atoms with van der Waals surface area (Å²) in [4.78, 5) is 2.71. The van der Waals surface area contributed by atoms with Crippen LogP contribution in [0.3, 0.4) is 0 Å². The van der Waals surface area contributed by atoms with Gasteiger partial charge in [-0.3, -0.25) is 4.90 Å². The Balaban J connectivity index is 1.95. The monoisotopic (exact) mass is 288 g/mol. The zero-order valence-corrected chi connectivity index (χ0v) is 13.9. The minimum absolute atomic E-state index is 0.786. The maximum Gasteiger partial charge on any atom is 0.0236 e. The number of rotatable bonds is 7. The van der Waals surface area contributed by atoms with Gasteiger partial charge in [-0.05, 0) is 49.9 Å². The minimum atomic E-state index is 0.786. The van der Waals surface area contributed by atoms with E-state index in [4.69, 9.17) is 0 Å². The van der Waals surface area contributed by atoms with Crippen molar-refractivity contribution in [2.75, 3.05) is 13.1 Å². The maximum absolute atomic E-state index is 3.50. The summed E-state index contributed by atoms with van der Waals surface area (Å²) in [6.07, 6.45) is 8.07. The van der Waals surface area contributed by atoms with E-state index >= 15 is 0 Å². The SMILES string of the molecule is CCCNCc1cccc(CN2CCCCCC2CC)c1. The Labute approximate surface area is 130 Å². The molecule has 0 aliphatic carbocycles. The molecule has 1 unspecified atom stereocenters. The smallest absolute Gasteiger partial charge is 0.0236 e. The molecular formula is C19H32N2. The lowest BCUT2D eigenvalue weighted by molar-refractivity contribution is 0.186. The normalized spacial score (nSPS) is 20.4. The summed E-state index contributed by atoms with van der Waals surface area (Å²) < 4.78 is 0. The predicted molar refractivity (Wildman–Crippen MR) is 91.4 cm³/mol. The zero-order valence-electron chi connectivity index (χ0n) is 13.9. The average molecular weight is 288 g/mol. The zero-order chi connectivity index (χ0) is 14.9. The van der Waals surface area contributed by atoms with E-state index in [1.54, 1.807) is 0 Å². The highest BCUT2D eigenvalue weighted by Crippen LogP contribution is 2.21. The summed E-state index contributed by atoms with van der Waals surface area (Å²) in [6, 6.07) is 9.93. The lowest BCUT2D eigenvalue weighted by Gasteiger charge is -2.29. The summed E-state index contributed by atoms with van der Waals surface area (Å²) >= 11 is 0. The second kappa shape index (κ2) is 9.22. The number of nitrogens with zero attached hydrogens (tertiary/aromatic N) is 1. The fraction of sp³-hybridized carbons (Fsp3) is 0.684. The van der Waals surface area contributed by atoms with E-state index in [1.165, 1.54) is 56.2 Å². The Hall–Kier alpha value is -0.860. The van der Waals surface area contributed by atoms with Crippen LogP contribution >= 0.6 is 0 Å². The first-order valence-electron chi connectivity index (χ1n) is 8.86. The highest BCUT2D eigenvalue weighted by molar-refractivity contribution is 5.23. The molecule has 2 nitrogen and oxygen atoms in total. The summed E-state index contributed by atoms with van der Waals surface area (Å²) in [6.45, 7) is 9.06. The summed E-state index contributed by atoms with van der Waals surface area (Å²) in [5, 5.41) is 3.50. The van der Waals surface area contributed by atoms with Gasteiger partial charge in [0.25, 0.3) is 0 Å². The quantitative estimate of drug-likeness (QED) is 0.751. The van der Waals surface area contributed by atoms with Crippen LogP contribution in [-0.2, 0) is 13.1 Å². The number of hydrogen-bond acceptors (Lipinski definition) is 2. The van der Waals surface area contributed by atoms with Crippen LogP contribution in [0, 0.1) is 0 Å². The molecule has 2 rings (SSSR count). The molecule has 0 radical (unpaired) electrons. The molecule has 1 atom stereocenters. The first-order chi connectivity index (χ1) is 10.3. The third-order valence-corrected chi connectivity index (χ3v) is 4.60. The van der Waals surface area contributed by atoms with E-state index < -0.39 is 0 Å². The molecule has 118 valence electrons. The highest BCUT2D eigenvalue weighted by Gasteiger charge is 2.19. The lowest BCUT2D eigenvalue weighted by Crippen LogP contribution is -2.33. The van der Waals surface area contributed by atoms with E-state index in [0.717, 1.165) is 25.7 Å². The van der Waals surface area contributed by atoms with Gasteiger partial charge in [0.05, 0.1) is 0 Å². The third-order valence-electron chi connectivity index (χ3n) is 4.60. The highest BCUT2D eigenvalue weighted by atomic mass is 15.2. The largest absolute Gasteiger partial charge is 0.313 e. The first-order valence-corrected chi connectivity index (χ1v) is 8.86. The van der Waals surface area contributed by atoms with Gasteiger partial charge in [-0.2, -0.15) is 0 Å². The lowest BCUT2D eigenvalue weighted by atomic mass is 10.1. The molecule has 0 bridgehead atoms. The number of nitrogens with one attached hydrogen (secondary N) is 1. The van der Waals surface area contributed by atoms with Crippen molar-refractivity contribution in [2.24, 2.45) is 0 Å². The number of benzene rings is 1.